The minimum absolute atomic E-state index is 0.0533. The maximum Gasteiger partial charge on any atom is 0.0434 e. The number of hydrogen-bond donors (Lipinski definition) is 3. The van der Waals surface area contributed by atoms with Crippen LogP contribution in [0.25, 0.3) is 0 Å². The van der Waals surface area contributed by atoms with E-state index in [1.54, 1.807) is 0 Å². The fourth-order valence-corrected chi connectivity index (χ4v) is 3.58. The van der Waals surface area contributed by atoms with Gasteiger partial charge in [0, 0.05) is 24.6 Å². The van der Waals surface area contributed by atoms with E-state index in [9.17, 15) is 5.11 Å². The van der Waals surface area contributed by atoms with Gasteiger partial charge in [-0.15, -0.1) is 0 Å². The van der Waals surface area contributed by atoms with Crippen LogP contribution in [0.2, 0.25) is 0 Å². The molecule has 1 aliphatic rings. The zero-order valence-corrected chi connectivity index (χ0v) is 12.7. The van der Waals surface area contributed by atoms with Gasteiger partial charge < -0.3 is 16.2 Å². The molecule has 2 aromatic carbocycles. The van der Waals surface area contributed by atoms with Crippen LogP contribution in [0.5, 0.6) is 0 Å². The van der Waals surface area contributed by atoms with Gasteiger partial charge in [0.1, 0.15) is 0 Å². The lowest BCUT2D eigenvalue weighted by Crippen LogP contribution is -2.43. The van der Waals surface area contributed by atoms with Crippen LogP contribution in [0.4, 0.5) is 0 Å². The number of benzene rings is 2. The van der Waals surface area contributed by atoms with Gasteiger partial charge in [0.15, 0.2) is 0 Å². The van der Waals surface area contributed by atoms with E-state index in [0.717, 1.165) is 13.0 Å². The third-order valence-electron chi connectivity index (χ3n) is 4.75. The van der Waals surface area contributed by atoms with Crippen LogP contribution in [0.15, 0.2) is 60.7 Å². The highest BCUT2D eigenvalue weighted by atomic mass is 16.3. The molecule has 0 amide bonds. The van der Waals surface area contributed by atoms with Gasteiger partial charge in [-0.2, -0.15) is 0 Å². The van der Waals surface area contributed by atoms with Crippen molar-refractivity contribution < 1.29 is 5.11 Å². The zero-order valence-electron chi connectivity index (χ0n) is 12.7. The summed E-state index contributed by atoms with van der Waals surface area (Å²) in [5.74, 6) is 0.575. The number of nitrogens with one attached hydrogen (secondary N) is 1. The maximum absolute atomic E-state index is 9.22. The summed E-state index contributed by atoms with van der Waals surface area (Å²) >= 11 is 0. The first-order valence-electron chi connectivity index (χ1n) is 8.01. The summed E-state index contributed by atoms with van der Waals surface area (Å²) in [5, 5.41) is 12.8. The molecule has 2 aromatic rings. The molecule has 3 nitrogen and oxygen atoms in total. The van der Waals surface area contributed by atoms with E-state index in [-0.39, 0.29) is 24.6 Å². The van der Waals surface area contributed by atoms with Gasteiger partial charge in [-0.1, -0.05) is 60.7 Å². The molecule has 1 heterocycles. The third kappa shape index (κ3) is 3.07. The van der Waals surface area contributed by atoms with Gasteiger partial charge >= 0.3 is 0 Å². The largest absolute Gasteiger partial charge is 0.396 e. The molecule has 1 fully saturated rings. The van der Waals surface area contributed by atoms with Crippen LogP contribution < -0.4 is 11.1 Å². The summed E-state index contributed by atoms with van der Waals surface area (Å²) in [7, 11) is 0. The molecule has 4 N–H and O–H groups in total. The zero-order chi connectivity index (χ0) is 15.4. The van der Waals surface area contributed by atoms with Crippen molar-refractivity contribution in [3.8, 4) is 0 Å². The van der Waals surface area contributed by atoms with E-state index >= 15 is 0 Å². The van der Waals surface area contributed by atoms with Gasteiger partial charge in [0.05, 0.1) is 0 Å². The fraction of sp³-hybridized carbons (Fsp3) is 0.368. The Bertz CT molecular complexity index is 533. The molecule has 0 saturated carbocycles. The lowest BCUT2D eigenvalue weighted by atomic mass is 9.80. The second-order valence-corrected chi connectivity index (χ2v) is 6.08. The number of nitrogens with two attached hydrogens (primary N) is 1. The highest BCUT2D eigenvalue weighted by Crippen LogP contribution is 2.33. The Hall–Kier alpha value is -1.68. The smallest absolute Gasteiger partial charge is 0.0434 e. The van der Waals surface area contributed by atoms with Crippen molar-refractivity contribution in [3.63, 3.8) is 0 Å². The van der Waals surface area contributed by atoms with Crippen molar-refractivity contribution in [1.29, 1.82) is 0 Å². The van der Waals surface area contributed by atoms with E-state index in [2.05, 4.69) is 53.8 Å². The first kappa shape index (κ1) is 15.2. The third-order valence-corrected chi connectivity index (χ3v) is 4.75. The van der Waals surface area contributed by atoms with Crippen molar-refractivity contribution >= 4 is 0 Å². The van der Waals surface area contributed by atoms with Crippen LogP contribution >= 0.6 is 0 Å². The van der Waals surface area contributed by atoms with E-state index in [1.165, 1.54) is 11.1 Å². The van der Waals surface area contributed by atoms with Crippen LogP contribution in [0, 0.1) is 5.92 Å². The molecule has 0 unspecified atom stereocenters. The van der Waals surface area contributed by atoms with E-state index in [0.29, 0.717) is 5.92 Å². The Kier molecular flexibility index (Phi) is 4.88. The molecule has 0 spiro atoms. The summed E-state index contributed by atoms with van der Waals surface area (Å²) in [6, 6.07) is 21.3. The van der Waals surface area contributed by atoms with Crippen LogP contribution in [-0.2, 0) is 0 Å². The highest BCUT2D eigenvalue weighted by molar-refractivity contribution is 5.35. The SMILES string of the molecule is N[C@H]1[C@H](CCO)CN[C@H]1C(c1ccccc1)c1ccccc1. The summed E-state index contributed by atoms with van der Waals surface area (Å²) in [6.45, 7) is 1.08. The van der Waals surface area contributed by atoms with Crippen molar-refractivity contribution in [3.05, 3.63) is 71.8 Å². The average molecular weight is 296 g/mol. The molecule has 1 saturated heterocycles. The van der Waals surface area contributed by atoms with E-state index < -0.39 is 0 Å². The summed E-state index contributed by atoms with van der Waals surface area (Å²) in [4.78, 5) is 0. The van der Waals surface area contributed by atoms with Gasteiger partial charge in [-0.05, 0) is 30.0 Å². The normalized spacial score (nSPS) is 24.8. The second kappa shape index (κ2) is 7.05. The molecule has 0 radical (unpaired) electrons. The molecule has 3 atom stereocenters. The molecule has 0 bridgehead atoms. The minimum Gasteiger partial charge on any atom is -0.396 e. The topological polar surface area (TPSA) is 58.3 Å². The predicted octanol–water partition coefficient (Wildman–Crippen LogP) is 2.12. The van der Waals surface area contributed by atoms with Crippen molar-refractivity contribution in [2.75, 3.05) is 13.2 Å². The Morgan fingerprint density at radius 3 is 2.05 bits per heavy atom. The molecular weight excluding hydrogens is 272 g/mol. The molecule has 0 aromatic heterocycles. The van der Waals surface area contributed by atoms with Crippen LogP contribution in [0.3, 0.4) is 0 Å². The minimum atomic E-state index is 0.0533. The highest BCUT2D eigenvalue weighted by Gasteiger charge is 2.38. The first-order valence-corrected chi connectivity index (χ1v) is 8.01. The molecule has 116 valence electrons. The molecule has 3 rings (SSSR count). The molecule has 1 aliphatic heterocycles. The first-order chi connectivity index (χ1) is 10.8. The number of hydrogen-bond acceptors (Lipinski definition) is 3. The Morgan fingerprint density at radius 1 is 1.00 bits per heavy atom. The Balaban J connectivity index is 1.93. The van der Waals surface area contributed by atoms with Crippen molar-refractivity contribution in [2.45, 2.75) is 24.4 Å². The number of aliphatic hydroxyl groups is 1. The molecule has 3 heteroatoms. The standard InChI is InChI=1S/C19H24N2O/c20-18-16(11-12-22)13-21-19(18)17(14-7-3-1-4-8-14)15-9-5-2-6-10-15/h1-10,16-19,21-22H,11-13,20H2/t16-,18+,19+/m1/s1. The quantitative estimate of drug-likeness (QED) is 0.792. The summed E-state index contributed by atoms with van der Waals surface area (Å²) in [6.07, 6.45) is 0.765. The van der Waals surface area contributed by atoms with Crippen molar-refractivity contribution in [2.24, 2.45) is 11.7 Å². The van der Waals surface area contributed by atoms with E-state index in [4.69, 9.17) is 5.73 Å². The number of aliphatic hydroxyl groups excluding tert-OH is 1. The Morgan fingerprint density at radius 2 is 1.55 bits per heavy atom. The lowest BCUT2D eigenvalue weighted by Gasteiger charge is -2.29. The van der Waals surface area contributed by atoms with Crippen LogP contribution in [-0.4, -0.2) is 30.3 Å². The van der Waals surface area contributed by atoms with Gasteiger partial charge in [0.2, 0.25) is 0 Å². The Labute approximate surface area is 132 Å². The van der Waals surface area contributed by atoms with Gasteiger partial charge in [-0.25, -0.2) is 0 Å². The second-order valence-electron chi connectivity index (χ2n) is 6.08. The van der Waals surface area contributed by atoms with E-state index in [1.807, 2.05) is 12.1 Å². The van der Waals surface area contributed by atoms with Gasteiger partial charge in [-0.3, -0.25) is 0 Å². The lowest BCUT2D eigenvalue weighted by molar-refractivity contribution is 0.253. The molecule has 0 aliphatic carbocycles. The fourth-order valence-electron chi connectivity index (χ4n) is 3.58. The van der Waals surface area contributed by atoms with Gasteiger partial charge in [0.25, 0.3) is 0 Å². The van der Waals surface area contributed by atoms with Crippen molar-refractivity contribution in [1.82, 2.24) is 5.32 Å². The maximum atomic E-state index is 9.22. The average Bonchev–Trinajstić information content (AvgIpc) is 2.92. The molecule has 22 heavy (non-hydrogen) atoms. The molecular formula is C19H24N2O. The predicted molar refractivity (Wildman–Crippen MR) is 89.7 cm³/mol. The summed E-state index contributed by atoms with van der Waals surface area (Å²) < 4.78 is 0. The summed E-state index contributed by atoms with van der Waals surface area (Å²) in [5.41, 5.74) is 9.08. The van der Waals surface area contributed by atoms with Crippen LogP contribution in [0.1, 0.15) is 23.5 Å². The number of rotatable bonds is 5. The monoisotopic (exact) mass is 296 g/mol.